The summed E-state index contributed by atoms with van der Waals surface area (Å²) >= 11 is 1.49. The molecule has 8 heavy (non-hydrogen) atoms. The van der Waals surface area contributed by atoms with Crippen LogP contribution in [-0.4, -0.2) is 10.1 Å². The van der Waals surface area contributed by atoms with Crippen molar-refractivity contribution in [1.82, 2.24) is 4.98 Å². The van der Waals surface area contributed by atoms with E-state index >= 15 is 0 Å². The van der Waals surface area contributed by atoms with Crippen molar-refractivity contribution in [2.24, 2.45) is 0 Å². The fraction of sp³-hybridized carbons (Fsp3) is 0. The maximum atomic E-state index is 8.22. The first-order valence-electron chi connectivity index (χ1n) is 2.14. The third-order valence-electron chi connectivity index (χ3n) is 0.669. The van der Waals surface area contributed by atoms with Crippen molar-refractivity contribution < 1.29 is 5.11 Å². The number of aliphatic hydroxyl groups is 1. The van der Waals surface area contributed by atoms with E-state index in [1.165, 1.54) is 11.3 Å². The maximum Gasteiger partial charge on any atom is 0.119 e. The molecule has 0 amide bonds. The van der Waals surface area contributed by atoms with Gasteiger partial charge in [-0.25, -0.2) is 4.98 Å². The van der Waals surface area contributed by atoms with Gasteiger partial charge in [-0.1, -0.05) is 0 Å². The summed E-state index contributed by atoms with van der Waals surface area (Å²) in [5.74, 6) is 0. The van der Waals surface area contributed by atoms with E-state index in [4.69, 9.17) is 5.11 Å². The number of aliphatic hydroxyl groups excluding tert-OH is 1. The van der Waals surface area contributed by atoms with Crippen LogP contribution in [0.1, 0.15) is 5.01 Å². The Balaban J connectivity index is 2.77. The molecule has 0 spiro atoms. The Morgan fingerprint density at radius 3 is 3.12 bits per heavy atom. The molecule has 3 heteroatoms. The fourth-order valence-corrected chi connectivity index (χ4v) is 0.903. The van der Waals surface area contributed by atoms with E-state index in [0.717, 1.165) is 11.3 Å². The van der Waals surface area contributed by atoms with Crippen LogP contribution >= 0.6 is 11.3 Å². The van der Waals surface area contributed by atoms with E-state index in [9.17, 15) is 0 Å². The average molecular weight is 127 g/mol. The molecule has 0 fully saturated rings. The zero-order chi connectivity index (χ0) is 5.82. The van der Waals surface area contributed by atoms with Gasteiger partial charge in [0, 0.05) is 17.7 Å². The molecule has 1 rings (SSSR count). The number of rotatable bonds is 1. The van der Waals surface area contributed by atoms with E-state index in [2.05, 4.69) is 4.98 Å². The Morgan fingerprint density at radius 1 is 1.75 bits per heavy atom. The van der Waals surface area contributed by atoms with Gasteiger partial charge in [0.15, 0.2) is 0 Å². The van der Waals surface area contributed by atoms with Gasteiger partial charge >= 0.3 is 0 Å². The largest absolute Gasteiger partial charge is 0.515 e. The van der Waals surface area contributed by atoms with Gasteiger partial charge in [-0.05, 0) is 0 Å². The smallest absolute Gasteiger partial charge is 0.119 e. The standard InChI is InChI=1S/C5H5NOS/c7-3-1-5-6-2-4-8-5/h1-4,7H/b3-1+. The minimum absolute atomic E-state index is 0.826. The van der Waals surface area contributed by atoms with Gasteiger partial charge < -0.3 is 5.11 Å². The predicted molar refractivity (Wildman–Crippen MR) is 33.8 cm³/mol. The van der Waals surface area contributed by atoms with Crippen molar-refractivity contribution in [2.75, 3.05) is 0 Å². The lowest BCUT2D eigenvalue weighted by molar-refractivity contribution is 0.478. The van der Waals surface area contributed by atoms with Crippen molar-refractivity contribution in [3.05, 3.63) is 22.8 Å². The highest BCUT2D eigenvalue weighted by molar-refractivity contribution is 7.10. The van der Waals surface area contributed by atoms with Crippen LogP contribution in [0.3, 0.4) is 0 Å². The number of hydrogen-bond acceptors (Lipinski definition) is 3. The molecule has 0 aliphatic heterocycles. The first kappa shape index (κ1) is 5.31. The molecule has 0 aliphatic rings. The minimum atomic E-state index is 0.826. The van der Waals surface area contributed by atoms with E-state index < -0.39 is 0 Å². The third-order valence-corrected chi connectivity index (χ3v) is 1.41. The first-order chi connectivity index (χ1) is 3.93. The Kier molecular flexibility index (Phi) is 1.64. The van der Waals surface area contributed by atoms with Gasteiger partial charge in [-0.15, -0.1) is 11.3 Å². The van der Waals surface area contributed by atoms with Crippen LogP contribution < -0.4 is 0 Å². The van der Waals surface area contributed by atoms with Crippen molar-refractivity contribution >= 4 is 17.4 Å². The van der Waals surface area contributed by atoms with Crippen LogP contribution in [0.5, 0.6) is 0 Å². The summed E-state index contributed by atoms with van der Waals surface area (Å²) in [4.78, 5) is 3.88. The van der Waals surface area contributed by atoms with Crippen LogP contribution in [0, 0.1) is 0 Å². The first-order valence-corrected chi connectivity index (χ1v) is 3.01. The second kappa shape index (κ2) is 2.47. The molecule has 0 atom stereocenters. The van der Waals surface area contributed by atoms with Gasteiger partial charge in [-0.3, -0.25) is 0 Å². The van der Waals surface area contributed by atoms with Gasteiger partial charge in [0.05, 0.1) is 6.26 Å². The molecule has 2 nitrogen and oxygen atoms in total. The molecule has 0 unspecified atom stereocenters. The minimum Gasteiger partial charge on any atom is -0.515 e. The lowest BCUT2D eigenvalue weighted by Crippen LogP contribution is -1.61. The normalized spacial score (nSPS) is 10.5. The lowest BCUT2D eigenvalue weighted by Gasteiger charge is -1.73. The predicted octanol–water partition coefficient (Wildman–Crippen LogP) is 1.67. The van der Waals surface area contributed by atoms with E-state index in [1.807, 2.05) is 5.38 Å². The Morgan fingerprint density at radius 2 is 2.62 bits per heavy atom. The molecule has 1 aromatic rings. The second-order valence-corrected chi connectivity index (χ2v) is 2.11. The molecule has 1 heterocycles. The topological polar surface area (TPSA) is 33.1 Å². The number of nitrogens with zero attached hydrogens (tertiary/aromatic N) is 1. The zero-order valence-electron chi connectivity index (χ0n) is 4.11. The van der Waals surface area contributed by atoms with E-state index in [-0.39, 0.29) is 0 Å². The molecule has 0 saturated carbocycles. The van der Waals surface area contributed by atoms with Crippen molar-refractivity contribution in [2.45, 2.75) is 0 Å². The summed E-state index contributed by atoms with van der Waals surface area (Å²) in [7, 11) is 0. The molecule has 0 aromatic carbocycles. The van der Waals surface area contributed by atoms with Crippen LogP contribution in [-0.2, 0) is 0 Å². The fourth-order valence-electron chi connectivity index (χ4n) is 0.381. The summed E-state index contributed by atoms with van der Waals surface area (Å²) < 4.78 is 0. The molecule has 1 N–H and O–H groups in total. The van der Waals surface area contributed by atoms with Crippen LogP contribution in [0.15, 0.2) is 17.8 Å². The van der Waals surface area contributed by atoms with Crippen molar-refractivity contribution in [1.29, 1.82) is 0 Å². The van der Waals surface area contributed by atoms with Crippen LogP contribution in [0.25, 0.3) is 6.08 Å². The number of hydrogen-bond donors (Lipinski definition) is 1. The molecular weight excluding hydrogens is 122 g/mol. The summed E-state index contributed by atoms with van der Waals surface area (Å²) in [5.41, 5.74) is 0. The van der Waals surface area contributed by atoms with Gasteiger partial charge in [-0.2, -0.15) is 0 Å². The van der Waals surface area contributed by atoms with Gasteiger partial charge in [0.1, 0.15) is 5.01 Å². The molecule has 0 radical (unpaired) electrons. The molecule has 1 aromatic heterocycles. The van der Waals surface area contributed by atoms with Gasteiger partial charge in [0.25, 0.3) is 0 Å². The SMILES string of the molecule is O/C=C/c1nccs1. The highest BCUT2D eigenvalue weighted by Crippen LogP contribution is 2.04. The second-order valence-electron chi connectivity index (χ2n) is 1.19. The Bertz CT molecular complexity index is 169. The summed E-state index contributed by atoms with van der Waals surface area (Å²) in [5, 5.41) is 10.9. The van der Waals surface area contributed by atoms with Crippen LogP contribution in [0.2, 0.25) is 0 Å². The van der Waals surface area contributed by atoms with E-state index in [0.29, 0.717) is 0 Å². The summed E-state index contributed by atoms with van der Waals surface area (Å²) in [6, 6.07) is 0. The van der Waals surface area contributed by atoms with Gasteiger partial charge in [0.2, 0.25) is 0 Å². The average Bonchev–Trinajstić information content (AvgIpc) is 2.19. The number of aromatic nitrogens is 1. The van der Waals surface area contributed by atoms with Crippen LogP contribution in [0.4, 0.5) is 0 Å². The Hall–Kier alpha value is -0.830. The highest BCUT2D eigenvalue weighted by Gasteiger charge is 1.83. The third kappa shape index (κ3) is 1.07. The lowest BCUT2D eigenvalue weighted by atomic mass is 10.7. The zero-order valence-corrected chi connectivity index (χ0v) is 4.93. The molecule has 0 aliphatic carbocycles. The number of thiazole rings is 1. The monoisotopic (exact) mass is 127 g/mol. The quantitative estimate of drug-likeness (QED) is 0.582. The Labute approximate surface area is 51.1 Å². The molecule has 0 saturated heterocycles. The maximum absolute atomic E-state index is 8.22. The molecular formula is C5H5NOS. The van der Waals surface area contributed by atoms with E-state index in [1.54, 1.807) is 12.3 Å². The molecule has 42 valence electrons. The highest BCUT2D eigenvalue weighted by atomic mass is 32.1. The molecule has 0 bridgehead atoms. The van der Waals surface area contributed by atoms with Crippen molar-refractivity contribution in [3.8, 4) is 0 Å². The van der Waals surface area contributed by atoms with Crippen molar-refractivity contribution in [3.63, 3.8) is 0 Å². The summed E-state index contributed by atoms with van der Waals surface area (Å²) in [6.45, 7) is 0. The summed E-state index contributed by atoms with van der Waals surface area (Å²) in [6.07, 6.45) is 4.23.